The van der Waals surface area contributed by atoms with Crippen molar-refractivity contribution in [1.82, 2.24) is 15.1 Å². The van der Waals surface area contributed by atoms with E-state index < -0.39 is 0 Å². The number of carbonyl (C=O) groups excluding carboxylic acids is 1. The van der Waals surface area contributed by atoms with E-state index in [-0.39, 0.29) is 11.7 Å². The molecular weight excluding hydrogens is 389 g/mol. The van der Waals surface area contributed by atoms with E-state index in [9.17, 15) is 9.18 Å². The van der Waals surface area contributed by atoms with Crippen LogP contribution in [0.15, 0.2) is 53.4 Å². The average Bonchev–Trinajstić information content (AvgIpc) is 2.74. The van der Waals surface area contributed by atoms with Crippen molar-refractivity contribution in [2.75, 3.05) is 52.1 Å². The number of benzene rings is 2. The smallest absolute Gasteiger partial charge is 0.234 e. The molecule has 7 heteroatoms. The van der Waals surface area contributed by atoms with Crippen LogP contribution in [0.3, 0.4) is 0 Å². The number of hydrogen-bond acceptors (Lipinski definition) is 5. The highest BCUT2D eigenvalue weighted by molar-refractivity contribution is 7.99. The number of thioether (sulfide) groups is 1. The highest BCUT2D eigenvalue weighted by Crippen LogP contribution is 2.21. The summed E-state index contributed by atoms with van der Waals surface area (Å²) in [5, 5.41) is 3.00. The minimum absolute atomic E-state index is 0.0684. The molecule has 0 spiro atoms. The van der Waals surface area contributed by atoms with E-state index in [2.05, 4.69) is 27.2 Å². The molecule has 3 rings (SSSR count). The minimum Gasteiger partial charge on any atom is -0.496 e. The molecule has 2 aromatic rings. The third kappa shape index (κ3) is 7.03. The lowest BCUT2D eigenvalue weighted by atomic mass is 10.1. The first-order chi connectivity index (χ1) is 14.1. The van der Waals surface area contributed by atoms with Gasteiger partial charge in [0.05, 0.1) is 13.7 Å². The highest BCUT2D eigenvalue weighted by Gasteiger charge is 2.20. The fourth-order valence-corrected chi connectivity index (χ4v) is 4.14. The monoisotopic (exact) mass is 417 g/mol. The van der Waals surface area contributed by atoms with Crippen LogP contribution in [0, 0.1) is 5.82 Å². The van der Waals surface area contributed by atoms with Crippen LogP contribution in [-0.4, -0.2) is 67.8 Å². The largest absolute Gasteiger partial charge is 0.496 e. The number of nitrogens with zero attached hydrogens (tertiary/aromatic N) is 2. The molecule has 156 valence electrons. The Bertz CT molecular complexity index is 783. The normalized spacial score (nSPS) is 15.2. The zero-order valence-corrected chi connectivity index (χ0v) is 17.6. The fourth-order valence-electron chi connectivity index (χ4n) is 3.35. The first-order valence-corrected chi connectivity index (χ1v) is 10.8. The number of nitrogens with one attached hydrogen (secondary N) is 1. The number of methoxy groups -OCH3 is 1. The Labute approximate surface area is 176 Å². The predicted octanol–water partition coefficient (Wildman–Crippen LogP) is 2.86. The molecule has 0 bridgehead atoms. The standard InChI is InChI=1S/C22H28FN3O2S/c1-28-21-8-7-19(23)15-18(21)16-25-10-12-26(13-11-25)17-22(27)24-9-14-29-20-5-3-2-4-6-20/h2-8,15H,9-14,16-17H2,1H3,(H,24,27). The molecule has 0 radical (unpaired) electrons. The maximum Gasteiger partial charge on any atom is 0.234 e. The van der Waals surface area contributed by atoms with Crippen molar-refractivity contribution in [1.29, 1.82) is 0 Å². The molecular formula is C22H28FN3O2S. The van der Waals surface area contributed by atoms with Gasteiger partial charge in [0.15, 0.2) is 0 Å². The Morgan fingerprint density at radius 2 is 1.83 bits per heavy atom. The molecule has 29 heavy (non-hydrogen) atoms. The van der Waals surface area contributed by atoms with Crippen LogP contribution in [0.1, 0.15) is 5.56 Å². The topological polar surface area (TPSA) is 44.8 Å². The van der Waals surface area contributed by atoms with Gasteiger partial charge in [0.1, 0.15) is 11.6 Å². The summed E-state index contributed by atoms with van der Waals surface area (Å²) >= 11 is 1.74. The highest BCUT2D eigenvalue weighted by atomic mass is 32.2. The molecule has 0 unspecified atom stereocenters. The van der Waals surface area contributed by atoms with E-state index in [4.69, 9.17) is 4.74 Å². The van der Waals surface area contributed by atoms with E-state index in [1.807, 2.05) is 18.2 Å². The molecule has 1 fully saturated rings. The zero-order chi connectivity index (χ0) is 20.5. The molecule has 1 saturated heterocycles. The molecule has 1 aliphatic rings. The quantitative estimate of drug-likeness (QED) is 0.502. The molecule has 1 heterocycles. The maximum absolute atomic E-state index is 13.5. The van der Waals surface area contributed by atoms with E-state index in [1.54, 1.807) is 24.9 Å². The van der Waals surface area contributed by atoms with Crippen molar-refractivity contribution in [3.8, 4) is 5.75 Å². The number of ether oxygens (including phenoxy) is 1. The maximum atomic E-state index is 13.5. The van der Waals surface area contributed by atoms with Gasteiger partial charge in [0.25, 0.3) is 0 Å². The van der Waals surface area contributed by atoms with Crippen LogP contribution in [0.25, 0.3) is 0 Å². The molecule has 0 atom stereocenters. The van der Waals surface area contributed by atoms with Crippen molar-refractivity contribution in [3.05, 3.63) is 59.9 Å². The number of carbonyl (C=O) groups is 1. The average molecular weight is 418 g/mol. The molecule has 0 aliphatic carbocycles. The van der Waals surface area contributed by atoms with Gasteiger partial charge in [-0.2, -0.15) is 0 Å². The van der Waals surface area contributed by atoms with Crippen molar-refractivity contribution < 1.29 is 13.9 Å². The van der Waals surface area contributed by atoms with Gasteiger partial charge in [-0.15, -0.1) is 11.8 Å². The number of halogens is 1. The van der Waals surface area contributed by atoms with Gasteiger partial charge in [-0.1, -0.05) is 18.2 Å². The molecule has 2 aromatic carbocycles. The van der Waals surface area contributed by atoms with Crippen molar-refractivity contribution in [2.24, 2.45) is 0 Å². The summed E-state index contributed by atoms with van der Waals surface area (Å²) in [4.78, 5) is 17.8. The number of piperazine rings is 1. The fraction of sp³-hybridized carbons (Fsp3) is 0.409. The van der Waals surface area contributed by atoms with Crippen molar-refractivity contribution >= 4 is 17.7 Å². The molecule has 1 aliphatic heterocycles. The second-order valence-corrected chi connectivity index (χ2v) is 8.19. The van der Waals surface area contributed by atoms with E-state index in [1.165, 1.54) is 17.0 Å². The summed E-state index contributed by atoms with van der Waals surface area (Å²) in [6, 6.07) is 14.8. The van der Waals surface area contributed by atoms with Crippen molar-refractivity contribution in [2.45, 2.75) is 11.4 Å². The Morgan fingerprint density at radius 1 is 1.10 bits per heavy atom. The van der Waals surface area contributed by atoms with Gasteiger partial charge in [0, 0.05) is 55.5 Å². The molecule has 0 saturated carbocycles. The van der Waals surface area contributed by atoms with Crippen LogP contribution < -0.4 is 10.1 Å². The van der Waals surface area contributed by atoms with Crippen LogP contribution in [-0.2, 0) is 11.3 Å². The first-order valence-electron chi connectivity index (χ1n) is 9.86. The lowest BCUT2D eigenvalue weighted by Gasteiger charge is -2.34. The number of amides is 1. The van der Waals surface area contributed by atoms with Crippen LogP contribution in [0.2, 0.25) is 0 Å². The van der Waals surface area contributed by atoms with Gasteiger partial charge in [-0.05, 0) is 30.3 Å². The van der Waals surface area contributed by atoms with Gasteiger partial charge in [-0.25, -0.2) is 4.39 Å². The lowest BCUT2D eigenvalue weighted by molar-refractivity contribution is -0.122. The third-order valence-corrected chi connectivity index (χ3v) is 5.92. The SMILES string of the molecule is COc1ccc(F)cc1CN1CCN(CC(=O)NCCSc2ccccc2)CC1. The Kier molecular flexibility index (Phi) is 8.34. The summed E-state index contributed by atoms with van der Waals surface area (Å²) in [5.41, 5.74) is 0.856. The Morgan fingerprint density at radius 3 is 2.55 bits per heavy atom. The van der Waals surface area contributed by atoms with Crippen molar-refractivity contribution in [3.63, 3.8) is 0 Å². The first kappa shape index (κ1) is 21.6. The number of hydrogen-bond donors (Lipinski definition) is 1. The summed E-state index contributed by atoms with van der Waals surface area (Å²) < 4.78 is 18.9. The van der Waals surface area contributed by atoms with Gasteiger partial charge >= 0.3 is 0 Å². The van der Waals surface area contributed by atoms with Crippen LogP contribution in [0.5, 0.6) is 5.75 Å². The Balaban J connectivity index is 1.34. The van der Waals surface area contributed by atoms with E-state index >= 15 is 0 Å². The summed E-state index contributed by atoms with van der Waals surface area (Å²) in [7, 11) is 1.60. The van der Waals surface area contributed by atoms with Gasteiger partial charge < -0.3 is 10.1 Å². The summed E-state index contributed by atoms with van der Waals surface area (Å²) in [6.45, 7) is 5.07. The third-order valence-electron chi connectivity index (χ3n) is 4.90. The zero-order valence-electron chi connectivity index (χ0n) is 16.8. The van der Waals surface area contributed by atoms with Crippen LogP contribution in [0.4, 0.5) is 4.39 Å². The molecule has 1 N–H and O–H groups in total. The predicted molar refractivity (Wildman–Crippen MR) is 115 cm³/mol. The molecule has 0 aromatic heterocycles. The Hall–Kier alpha value is -2.09. The number of rotatable bonds is 9. The van der Waals surface area contributed by atoms with E-state index in [0.717, 1.165) is 37.5 Å². The molecule has 5 nitrogen and oxygen atoms in total. The second-order valence-electron chi connectivity index (χ2n) is 7.02. The molecule has 1 amide bonds. The van der Waals surface area contributed by atoms with Crippen LogP contribution >= 0.6 is 11.8 Å². The minimum atomic E-state index is -0.249. The van der Waals surface area contributed by atoms with Gasteiger partial charge in [-0.3, -0.25) is 14.6 Å². The summed E-state index contributed by atoms with van der Waals surface area (Å²) in [6.07, 6.45) is 0. The van der Waals surface area contributed by atoms with E-state index in [0.29, 0.717) is 25.4 Å². The summed E-state index contributed by atoms with van der Waals surface area (Å²) in [5.74, 6) is 1.39. The van der Waals surface area contributed by atoms with Gasteiger partial charge in [0.2, 0.25) is 5.91 Å². The second kappa shape index (κ2) is 11.2. The lowest BCUT2D eigenvalue weighted by Crippen LogP contribution is -2.49.